The smallest absolute Gasteiger partial charge is 0.319 e. The van der Waals surface area contributed by atoms with Crippen LogP contribution in [0, 0.1) is 12.3 Å². The first-order valence-corrected chi connectivity index (χ1v) is 5.97. The maximum absolute atomic E-state index is 12.0. The van der Waals surface area contributed by atoms with Crippen LogP contribution < -0.4 is 5.32 Å². The molecule has 18 heavy (non-hydrogen) atoms. The van der Waals surface area contributed by atoms with Gasteiger partial charge in [0.25, 0.3) is 0 Å². The van der Waals surface area contributed by atoms with Crippen LogP contribution in [0.5, 0.6) is 0 Å². The van der Waals surface area contributed by atoms with Gasteiger partial charge in [-0.25, -0.2) is 0 Å². The Hall–Kier alpha value is -1.91. The second kappa shape index (κ2) is 4.76. The molecule has 1 aliphatic carbocycles. The Bertz CT molecular complexity index is 481. The SMILES string of the molecule is Cc1ccncc1CNC(=O)C1(C(=O)O)CCC1. The number of nitrogens with one attached hydrogen (secondary N) is 1. The number of aliphatic carboxylic acids is 1. The summed E-state index contributed by atoms with van der Waals surface area (Å²) in [5.74, 6) is -1.40. The fourth-order valence-corrected chi connectivity index (χ4v) is 2.09. The minimum Gasteiger partial charge on any atom is -0.480 e. The van der Waals surface area contributed by atoms with E-state index in [9.17, 15) is 9.59 Å². The summed E-state index contributed by atoms with van der Waals surface area (Å²) >= 11 is 0. The van der Waals surface area contributed by atoms with E-state index in [0.29, 0.717) is 19.4 Å². The van der Waals surface area contributed by atoms with Gasteiger partial charge in [0.05, 0.1) is 0 Å². The van der Waals surface area contributed by atoms with Crippen LogP contribution in [-0.2, 0) is 16.1 Å². The van der Waals surface area contributed by atoms with Gasteiger partial charge in [-0.05, 0) is 37.0 Å². The third-order valence-corrected chi connectivity index (χ3v) is 3.64. The summed E-state index contributed by atoms with van der Waals surface area (Å²) < 4.78 is 0. The van der Waals surface area contributed by atoms with Gasteiger partial charge in [0.1, 0.15) is 5.41 Å². The summed E-state index contributed by atoms with van der Waals surface area (Å²) in [7, 11) is 0. The summed E-state index contributed by atoms with van der Waals surface area (Å²) in [5, 5.41) is 11.8. The molecule has 5 nitrogen and oxygen atoms in total. The third kappa shape index (κ3) is 2.08. The fraction of sp³-hybridized carbons (Fsp3) is 0.462. The molecule has 1 amide bonds. The highest BCUT2D eigenvalue weighted by atomic mass is 16.4. The van der Waals surface area contributed by atoms with Crippen molar-refractivity contribution < 1.29 is 14.7 Å². The first-order valence-electron chi connectivity index (χ1n) is 5.97. The fourth-order valence-electron chi connectivity index (χ4n) is 2.09. The molecule has 2 rings (SSSR count). The summed E-state index contributed by atoms with van der Waals surface area (Å²) in [5.41, 5.74) is 0.741. The summed E-state index contributed by atoms with van der Waals surface area (Å²) in [4.78, 5) is 27.1. The van der Waals surface area contributed by atoms with Gasteiger partial charge in [0.15, 0.2) is 0 Å². The Kier molecular flexibility index (Phi) is 3.32. The van der Waals surface area contributed by atoms with Gasteiger partial charge in [-0.15, -0.1) is 0 Å². The number of hydrogen-bond acceptors (Lipinski definition) is 3. The summed E-state index contributed by atoms with van der Waals surface area (Å²) in [6.45, 7) is 2.26. The van der Waals surface area contributed by atoms with E-state index in [1.54, 1.807) is 12.4 Å². The van der Waals surface area contributed by atoms with Gasteiger partial charge < -0.3 is 10.4 Å². The lowest BCUT2D eigenvalue weighted by atomic mass is 9.68. The van der Waals surface area contributed by atoms with E-state index in [0.717, 1.165) is 17.5 Å². The van der Waals surface area contributed by atoms with E-state index >= 15 is 0 Å². The Morgan fingerprint density at radius 1 is 1.50 bits per heavy atom. The van der Waals surface area contributed by atoms with Crippen molar-refractivity contribution in [2.24, 2.45) is 5.41 Å². The van der Waals surface area contributed by atoms with E-state index in [2.05, 4.69) is 10.3 Å². The van der Waals surface area contributed by atoms with Crippen molar-refractivity contribution in [3.05, 3.63) is 29.6 Å². The van der Waals surface area contributed by atoms with Gasteiger partial charge in [0, 0.05) is 18.9 Å². The van der Waals surface area contributed by atoms with Crippen LogP contribution in [0.4, 0.5) is 0 Å². The summed E-state index contributed by atoms with van der Waals surface area (Å²) in [6.07, 6.45) is 5.03. The second-order valence-electron chi connectivity index (χ2n) is 4.73. The predicted molar refractivity (Wildman–Crippen MR) is 64.7 cm³/mol. The summed E-state index contributed by atoms with van der Waals surface area (Å²) in [6, 6.07) is 1.86. The number of hydrogen-bond donors (Lipinski definition) is 2. The van der Waals surface area contributed by atoms with Gasteiger partial charge in [-0.1, -0.05) is 6.42 Å². The van der Waals surface area contributed by atoms with Crippen molar-refractivity contribution in [3.63, 3.8) is 0 Å². The molecular weight excluding hydrogens is 232 g/mol. The Balaban J connectivity index is 2.01. The van der Waals surface area contributed by atoms with E-state index in [1.165, 1.54) is 0 Å². The molecule has 1 aliphatic rings. The molecule has 0 aromatic carbocycles. The molecule has 0 atom stereocenters. The predicted octanol–water partition coefficient (Wildman–Crippen LogP) is 1.26. The van der Waals surface area contributed by atoms with Crippen molar-refractivity contribution in [1.29, 1.82) is 0 Å². The molecule has 1 aromatic heterocycles. The molecule has 5 heteroatoms. The van der Waals surface area contributed by atoms with E-state index in [-0.39, 0.29) is 5.91 Å². The number of pyridine rings is 1. The molecule has 0 bridgehead atoms. The number of aryl methyl sites for hydroxylation is 1. The standard InChI is InChI=1S/C13H16N2O3/c1-9-3-6-14-7-10(9)8-15-11(16)13(12(17)18)4-2-5-13/h3,6-7H,2,4-5,8H2,1H3,(H,15,16)(H,17,18). The highest BCUT2D eigenvalue weighted by molar-refractivity contribution is 6.02. The quantitative estimate of drug-likeness (QED) is 0.786. The largest absolute Gasteiger partial charge is 0.480 e. The minimum absolute atomic E-state index is 0.327. The van der Waals surface area contributed by atoms with Crippen LogP contribution in [0.2, 0.25) is 0 Å². The van der Waals surface area contributed by atoms with E-state index < -0.39 is 11.4 Å². The van der Waals surface area contributed by atoms with Crippen molar-refractivity contribution in [3.8, 4) is 0 Å². The van der Waals surface area contributed by atoms with Crippen LogP contribution in [0.3, 0.4) is 0 Å². The number of nitrogens with zero attached hydrogens (tertiary/aromatic N) is 1. The highest BCUT2D eigenvalue weighted by Gasteiger charge is 2.50. The molecular formula is C13H16N2O3. The Labute approximate surface area is 105 Å². The van der Waals surface area contributed by atoms with Crippen LogP contribution in [-0.4, -0.2) is 22.0 Å². The number of rotatable bonds is 4. The molecule has 1 aromatic rings. The van der Waals surface area contributed by atoms with Crippen LogP contribution >= 0.6 is 0 Å². The zero-order chi connectivity index (χ0) is 13.2. The number of carbonyl (C=O) groups excluding carboxylic acids is 1. The molecule has 1 fully saturated rings. The molecule has 96 valence electrons. The maximum atomic E-state index is 12.0. The van der Waals surface area contributed by atoms with Gasteiger partial charge in [-0.2, -0.15) is 0 Å². The highest BCUT2D eigenvalue weighted by Crippen LogP contribution is 2.41. The normalized spacial score (nSPS) is 16.7. The van der Waals surface area contributed by atoms with Crippen LogP contribution in [0.25, 0.3) is 0 Å². The Morgan fingerprint density at radius 2 is 2.22 bits per heavy atom. The molecule has 0 radical (unpaired) electrons. The average Bonchev–Trinajstić information content (AvgIpc) is 2.26. The monoisotopic (exact) mass is 248 g/mol. The molecule has 0 saturated heterocycles. The van der Waals surface area contributed by atoms with Crippen molar-refractivity contribution in [1.82, 2.24) is 10.3 Å². The molecule has 2 N–H and O–H groups in total. The zero-order valence-electron chi connectivity index (χ0n) is 10.3. The first-order chi connectivity index (χ1) is 8.56. The average molecular weight is 248 g/mol. The van der Waals surface area contributed by atoms with Crippen molar-refractivity contribution >= 4 is 11.9 Å². The molecule has 1 heterocycles. The molecule has 0 spiro atoms. The number of amides is 1. The lowest BCUT2D eigenvalue weighted by Crippen LogP contribution is -2.50. The van der Waals surface area contributed by atoms with Gasteiger partial charge >= 0.3 is 5.97 Å². The van der Waals surface area contributed by atoms with E-state index in [1.807, 2.05) is 13.0 Å². The van der Waals surface area contributed by atoms with Gasteiger partial charge in [-0.3, -0.25) is 14.6 Å². The second-order valence-corrected chi connectivity index (χ2v) is 4.73. The topological polar surface area (TPSA) is 79.3 Å². The molecule has 1 saturated carbocycles. The maximum Gasteiger partial charge on any atom is 0.319 e. The number of carbonyl (C=O) groups is 2. The van der Waals surface area contributed by atoms with Crippen molar-refractivity contribution in [2.75, 3.05) is 0 Å². The van der Waals surface area contributed by atoms with Gasteiger partial charge in [0.2, 0.25) is 5.91 Å². The third-order valence-electron chi connectivity index (χ3n) is 3.64. The zero-order valence-corrected chi connectivity index (χ0v) is 10.3. The minimum atomic E-state index is -1.20. The number of carboxylic acids is 1. The lowest BCUT2D eigenvalue weighted by Gasteiger charge is -2.35. The van der Waals surface area contributed by atoms with Crippen LogP contribution in [0.1, 0.15) is 30.4 Å². The van der Waals surface area contributed by atoms with Crippen molar-refractivity contribution in [2.45, 2.75) is 32.7 Å². The number of aromatic nitrogens is 1. The number of carboxylic acid groups (broad SMARTS) is 1. The van der Waals surface area contributed by atoms with E-state index in [4.69, 9.17) is 5.11 Å². The van der Waals surface area contributed by atoms with Crippen LogP contribution in [0.15, 0.2) is 18.5 Å². The molecule has 0 aliphatic heterocycles. The molecule has 0 unspecified atom stereocenters. The first kappa shape index (κ1) is 12.5. The Morgan fingerprint density at radius 3 is 2.72 bits per heavy atom. The lowest BCUT2D eigenvalue weighted by molar-refractivity contribution is -0.162.